The van der Waals surface area contributed by atoms with Crippen molar-refractivity contribution in [2.45, 2.75) is 169 Å². The second-order valence-electron chi connectivity index (χ2n) is 24.0. The summed E-state index contributed by atoms with van der Waals surface area (Å²) in [6.07, 6.45) is 9.99. The molecule has 0 saturated carbocycles. The van der Waals surface area contributed by atoms with Gasteiger partial charge in [-0.1, -0.05) is 101 Å². The molecule has 450 valence electrons. The maximum atomic E-state index is 15.2. The highest BCUT2D eigenvalue weighted by Gasteiger charge is 2.35. The number of nitrogens with one attached hydrogen (secondary N) is 4. The van der Waals surface area contributed by atoms with E-state index >= 15 is 4.79 Å². The number of hydrogen-bond donors (Lipinski definition) is 4. The Hall–Kier alpha value is -7.97. The van der Waals surface area contributed by atoms with Crippen LogP contribution in [0, 0.1) is 36.0 Å². The number of fused-ring (bicyclic) bond motifs is 2. The molecule has 2 aromatic heterocycles. The zero-order valence-electron chi connectivity index (χ0n) is 50.6. The van der Waals surface area contributed by atoms with Crippen LogP contribution in [0.15, 0.2) is 104 Å². The number of ketones is 4. The molecule has 0 aliphatic heterocycles. The van der Waals surface area contributed by atoms with Gasteiger partial charge in [-0.25, -0.2) is 9.59 Å². The molecule has 17 heteroatoms. The molecule has 0 aliphatic carbocycles. The Labute approximate surface area is 494 Å². The minimum absolute atomic E-state index is 0.0895. The van der Waals surface area contributed by atoms with Crippen LogP contribution in [0.4, 0.5) is 9.59 Å². The van der Waals surface area contributed by atoms with Gasteiger partial charge in [0.05, 0.1) is 35.1 Å². The first-order valence-corrected chi connectivity index (χ1v) is 29.2. The number of nitrogens with zero attached hydrogens (tertiary/aromatic N) is 2. The molecule has 0 spiro atoms. The number of unbranched alkanes of at least 4 members (excludes halogenated alkanes) is 1. The lowest BCUT2D eigenvalue weighted by molar-refractivity contribution is -0.135. The van der Waals surface area contributed by atoms with Crippen LogP contribution in [0.5, 0.6) is 0 Å². The fourth-order valence-electron chi connectivity index (χ4n) is 9.89. The normalized spacial score (nSPS) is 13.8. The number of amides is 3. The summed E-state index contributed by atoms with van der Waals surface area (Å²) in [5.41, 5.74) is 1.06. The molecule has 17 nitrogen and oxygen atoms in total. The van der Waals surface area contributed by atoms with Gasteiger partial charge in [0.2, 0.25) is 17.7 Å². The Bertz CT molecular complexity index is 3190. The van der Waals surface area contributed by atoms with Gasteiger partial charge in [-0.2, -0.15) is 0 Å². The van der Waals surface area contributed by atoms with Crippen molar-refractivity contribution in [1.29, 1.82) is 0 Å². The summed E-state index contributed by atoms with van der Waals surface area (Å²) in [6, 6.07) is 19.8. The standard InChI is InChI=1S/C67H86N6O11/c1-13-25-46(39-58(75)43(4)5)62(79)71-53(37-48-41-72(64(81)83-66(7,8)9)55-31-21-19-28-50(48)55)59(76)35-44(6)61(78)70-54(38-49-42-73(65(82)84-67(10,11)12)56-32-22-20-29-51(49)56)60(77)40-47(36-45-26-17-16-18-27-45)63(80)69-52(57(74)15-3)30-23-24-34-68-33-14-2/h1,14,16-22,26-29,31-32,41-44,46-47,52-54,68H,2,15,23-25,30,33-40H2,3-12H3,(H,69,80)(H,70,78)(H,71,79)/t44-,46+,47+,52+,53-,54+/m1/s1. The van der Waals surface area contributed by atoms with Gasteiger partial charge < -0.3 is 30.7 Å². The summed E-state index contributed by atoms with van der Waals surface area (Å²) in [7, 11) is 0. The fourth-order valence-corrected chi connectivity index (χ4v) is 9.89. The summed E-state index contributed by atoms with van der Waals surface area (Å²) in [4.78, 5) is 127. The zero-order valence-corrected chi connectivity index (χ0v) is 50.6. The third kappa shape index (κ3) is 19.9. The predicted molar refractivity (Wildman–Crippen MR) is 326 cm³/mol. The van der Waals surface area contributed by atoms with Gasteiger partial charge in [-0.3, -0.25) is 42.7 Å². The summed E-state index contributed by atoms with van der Waals surface area (Å²) < 4.78 is 14.2. The molecule has 0 radical (unpaired) electrons. The molecule has 0 fully saturated rings. The molecular formula is C67H86N6O11. The molecule has 0 saturated heterocycles. The number of carbonyl (C=O) groups excluding carboxylic acids is 9. The van der Waals surface area contributed by atoms with Gasteiger partial charge in [0, 0.05) is 92.4 Å². The minimum Gasteiger partial charge on any atom is -0.443 e. The van der Waals surface area contributed by atoms with Crippen molar-refractivity contribution in [3.8, 4) is 12.3 Å². The third-order valence-electron chi connectivity index (χ3n) is 14.4. The molecular weight excluding hydrogens is 1060 g/mol. The second-order valence-corrected chi connectivity index (χ2v) is 24.0. The van der Waals surface area contributed by atoms with Crippen LogP contribution in [0.3, 0.4) is 0 Å². The van der Waals surface area contributed by atoms with Crippen molar-refractivity contribution in [3.05, 3.63) is 121 Å². The highest BCUT2D eigenvalue weighted by atomic mass is 16.6. The summed E-state index contributed by atoms with van der Waals surface area (Å²) in [5.74, 6) is -4.28. The Balaban J connectivity index is 1.53. The van der Waals surface area contributed by atoms with E-state index in [-0.39, 0.29) is 62.4 Å². The molecule has 0 aliphatic rings. The molecule has 3 amide bonds. The number of ether oxygens (including phenoxy) is 2. The molecule has 0 unspecified atom stereocenters. The van der Waals surface area contributed by atoms with Crippen LogP contribution < -0.4 is 21.3 Å². The fraction of sp³-hybridized carbons (Fsp3) is 0.478. The lowest BCUT2D eigenvalue weighted by Crippen LogP contribution is -2.49. The number of carbonyl (C=O) groups is 9. The summed E-state index contributed by atoms with van der Waals surface area (Å²) >= 11 is 0. The summed E-state index contributed by atoms with van der Waals surface area (Å²) in [5, 5.41) is 13.2. The topological polar surface area (TPSA) is 230 Å². The van der Waals surface area contributed by atoms with Crippen LogP contribution >= 0.6 is 0 Å². The SMILES string of the molecule is C#CC[C@@H](CC(=O)C(C)C)C(=O)N[C@H](Cc1cn(C(=O)OC(C)(C)C)c2ccccc12)C(=O)C[C@@H](C)C(=O)N[C@@H](Cc1cn(C(=O)OC(C)(C)C)c2ccccc12)C(=O)C[C@H](Cc1ccccc1)C(=O)N[C@@H](CCCCNCC=C)C(=O)CC. The maximum Gasteiger partial charge on any atom is 0.419 e. The number of benzene rings is 3. The van der Waals surface area contributed by atoms with Crippen LogP contribution in [0.25, 0.3) is 21.8 Å². The van der Waals surface area contributed by atoms with E-state index in [4.69, 9.17) is 15.9 Å². The number of terminal acetylenes is 1. The van der Waals surface area contributed by atoms with Crippen molar-refractivity contribution in [2.24, 2.45) is 23.7 Å². The van der Waals surface area contributed by atoms with Crippen molar-refractivity contribution < 1.29 is 52.6 Å². The molecule has 0 bridgehead atoms. The van der Waals surface area contributed by atoms with E-state index in [2.05, 4.69) is 33.8 Å². The van der Waals surface area contributed by atoms with Crippen LogP contribution in [0.1, 0.15) is 137 Å². The second kappa shape index (κ2) is 31.1. The average Bonchev–Trinajstić information content (AvgIpc) is 2.47. The highest BCUT2D eigenvalue weighted by molar-refractivity contribution is 5.99. The molecule has 6 atom stereocenters. The lowest BCUT2D eigenvalue weighted by Gasteiger charge is -2.25. The Kier molecular flexibility index (Phi) is 24.7. The number of hydrogen-bond acceptors (Lipinski definition) is 12. The Morgan fingerprint density at radius 1 is 0.595 bits per heavy atom. The maximum absolute atomic E-state index is 15.2. The zero-order chi connectivity index (χ0) is 61.9. The van der Waals surface area contributed by atoms with E-state index in [0.29, 0.717) is 58.9 Å². The predicted octanol–water partition coefficient (Wildman–Crippen LogP) is 10.00. The van der Waals surface area contributed by atoms with E-state index in [1.54, 1.807) is 129 Å². The summed E-state index contributed by atoms with van der Waals surface area (Å²) in [6.45, 7) is 22.2. The molecule has 2 heterocycles. The van der Waals surface area contributed by atoms with Gasteiger partial charge >= 0.3 is 12.2 Å². The largest absolute Gasteiger partial charge is 0.443 e. The van der Waals surface area contributed by atoms with E-state index in [0.717, 1.165) is 12.0 Å². The van der Waals surface area contributed by atoms with Gasteiger partial charge in [-0.15, -0.1) is 18.9 Å². The first-order chi connectivity index (χ1) is 39.7. The van der Waals surface area contributed by atoms with Crippen molar-refractivity contribution in [3.63, 3.8) is 0 Å². The average molecular weight is 1150 g/mol. The van der Waals surface area contributed by atoms with Gasteiger partial charge in [0.15, 0.2) is 17.3 Å². The Morgan fingerprint density at radius 2 is 1.07 bits per heavy atom. The molecule has 84 heavy (non-hydrogen) atoms. The Morgan fingerprint density at radius 3 is 1.57 bits per heavy atom. The van der Waals surface area contributed by atoms with Crippen LogP contribution in [-0.4, -0.2) is 105 Å². The van der Waals surface area contributed by atoms with E-state index in [9.17, 15) is 38.4 Å². The highest BCUT2D eigenvalue weighted by Crippen LogP contribution is 2.28. The van der Waals surface area contributed by atoms with Crippen molar-refractivity contribution in [1.82, 2.24) is 30.4 Å². The molecule has 5 aromatic rings. The van der Waals surface area contributed by atoms with E-state index < -0.39 is 95.0 Å². The van der Waals surface area contributed by atoms with Crippen molar-refractivity contribution >= 4 is 74.8 Å². The number of rotatable bonds is 31. The van der Waals surface area contributed by atoms with Crippen molar-refractivity contribution in [2.75, 3.05) is 13.1 Å². The third-order valence-corrected chi connectivity index (χ3v) is 14.4. The monoisotopic (exact) mass is 1150 g/mol. The number of para-hydroxylation sites is 2. The van der Waals surface area contributed by atoms with E-state index in [1.165, 1.54) is 16.1 Å². The molecule has 5 rings (SSSR count). The first kappa shape index (κ1) is 66.8. The van der Waals surface area contributed by atoms with Gasteiger partial charge in [0.25, 0.3) is 0 Å². The van der Waals surface area contributed by atoms with Crippen LogP contribution in [-0.2, 0) is 62.3 Å². The lowest BCUT2D eigenvalue weighted by atomic mass is 9.88. The molecule has 3 aromatic carbocycles. The molecule has 4 N–H and O–H groups in total. The quantitative estimate of drug-likeness (QED) is 0.0185. The number of Topliss-reactive ketones (excluding diaryl/α,β-unsaturated/α-hetero) is 4. The van der Waals surface area contributed by atoms with Gasteiger partial charge in [0.1, 0.15) is 17.0 Å². The van der Waals surface area contributed by atoms with Gasteiger partial charge in [-0.05, 0) is 103 Å². The van der Waals surface area contributed by atoms with E-state index in [1.807, 2.05) is 30.3 Å². The smallest absolute Gasteiger partial charge is 0.419 e. The van der Waals surface area contributed by atoms with Crippen LogP contribution in [0.2, 0.25) is 0 Å². The minimum atomic E-state index is -1.33. The first-order valence-electron chi connectivity index (χ1n) is 29.2. The number of aromatic nitrogens is 2.